The number of sulfonamides is 1. The molecular formula is C15H19F2NO4S. The van der Waals surface area contributed by atoms with Gasteiger partial charge in [0.05, 0.1) is 17.6 Å². The Morgan fingerprint density at radius 3 is 2.70 bits per heavy atom. The van der Waals surface area contributed by atoms with E-state index in [0.717, 1.165) is 12.1 Å². The summed E-state index contributed by atoms with van der Waals surface area (Å²) in [6, 6.07) is 2.19. The number of ether oxygens (including phenoxy) is 1. The summed E-state index contributed by atoms with van der Waals surface area (Å²) >= 11 is 0. The van der Waals surface area contributed by atoms with Crippen LogP contribution in [-0.2, 0) is 14.8 Å². The summed E-state index contributed by atoms with van der Waals surface area (Å²) in [5.74, 6) is -2.58. The standard InChI is InChI=1S/C15H19F2NO4S/c16-12-4-3-10(8-13(12)17)23(20,21)18-6-1-2-14(18)11-9-22-7-5-15(11)19/h3-4,8,11,14-15,19H,1-2,5-7,9H2/t11-,14+,15+/m0/s1. The lowest BCUT2D eigenvalue weighted by molar-refractivity contribution is -0.0543. The van der Waals surface area contributed by atoms with Crippen LogP contribution in [0.1, 0.15) is 19.3 Å². The average molecular weight is 347 g/mol. The summed E-state index contributed by atoms with van der Waals surface area (Å²) in [6.45, 7) is 1.06. The molecular weight excluding hydrogens is 328 g/mol. The van der Waals surface area contributed by atoms with Gasteiger partial charge < -0.3 is 9.84 Å². The molecule has 0 aromatic heterocycles. The zero-order valence-electron chi connectivity index (χ0n) is 12.5. The van der Waals surface area contributed by atoms with Crippen LogP contribution >= 0.6 is 0 Å². The Bertz CT molecular complexity index is 682. The maximum atomic E-state index is 13.4. The number of hydrogen-bond acceptors (Lipinski definition) is 4. The monoisotopic (exact) mass is 347 g/mol. The van der Waals surface area contributed by atoms with Crippen LogP contribution < -0.4 is 0 Å². The van der Waals surface area contributed by atoms with Gasteiger partial charge in [-0.2, -0.15) is 4.31 Å². The van der Waals surface area contributed by atoms with Gasteiger partial charge in [0.15, 0.2) is 11.6 Å². The van der Waals surface area contributed by atoms with Gasteiger partial charge in [-0.05, 0) is 37.5 Å². The van der Waals surface area contributed by atoms with Gasteiger partial charge >= 0.3 is 0 Å². The van der Waals surface area contributed by atoms with Crippen molar-refractivity contribution in [2.24, 2.45) is 5.92 Å². The fourth-order valence-corrected chi connectivity index (χ4v) is 5.13. The van der Waals surface area contributed by atoms with Crippen LogP contribution in [0.5, 0.6) is 0 Å². The van der Waals surface area contributed by atoms with Gasteiger partial charge in [-0.3, -0.25) is 0 Å². The summed E-state index contributed by atoms with van der Waals surface area (Å²) in [5.41, 5.74) is 0. The predicted molar refractivity (Wildman–Crippen MR) is 78.2 cm³/mol. The molecule has 0 amide bonds. The second-order valence-corrected chi connectivity index (χ2v) is 7.89. The number of nitrogens with zero attached hydrogens (tertiary/aromatic N) is 1. The molecule has 0 saturated carbocycles. The van der Waals surface area contributed by atoms with E-state index in [9.17, 15) is 22.3 Å². The highest BCUT2D eigenvalue weighted by molar-refractivity contribution is 7.89. The molecule has 5 nitrogen and oxygen atoms in total. The van der Waals surface area contributed by atoms with E-state index in [-0.39, 0.29) is 16.9 Å². The molecule has 0 bridgehead atoms. The minimum atomic E-state index is -3.94. The Morgan fingerprint density at radius 2 is 2.00 bits per heavy atom. The summed E-state index contributed by atoms with van der Waals surface area (Å²) in [5, 5.41) is 10.2. The smallest absolute Gasteiger partial charge is 0.243 e. The zero-order chi connectivity index (χ0) is 16.6. The molecule has 3 atom stereocenters. The molecule has 0 spiro atoms. The van der Waals surface area contributed by atoms with E-state index in [2.05, 4.69) is 0 Å². The first kappa shape index (κ1) is 16.8. The topological polar surface area (TPSA) is 66.8 Å². The first-order valence-corrected chi connectivity index (χ1v) is 9.08. The second-order valence-electron chi connectivity index (χ2n) is 6.00. The highest BCUT2D eigenvalue weighted by Gasteiger charge is 2.43. The van der Waals surface area contributed by atoms with Crippen molar-refractivity contribution in [3.63, 3.8) is 0 Å². The Balaban J connectivity index is 1.90. The molecule has 1 aromatic carbocycles. The summed E-state index contributed by atoms with van der Waals surface area (Å²) in [4.78, 5) is -0.269. The van der Waals surface area contributed by atoms with Crippen molar-refractivity contribution in [1.29, 1.82) is 0 Å². The van der Waals surface area contributed by atoms with E-state index >= 15 is 0 Å². The lowest BCUT2D eigenvalue weighted by atomic mass is 9.90. The van der Waals surface area contributed by atoms with Crippen LogP contribution in [0.4, 0.5) is 8.78 Å². The molecule has 2 aliphatic rings. The van der Waals surface area contributed by atoms with Crippen LogP contribution in [0, 0.1) is 17.6 Å². The number of aliphatic hydroxyl groups excluding tert-OH is 1. The van der Waals surface area contributed by atoms with Crippen molar-refractivity contribution in [2.45, 2.75) is 36.3 Å². The molecule has 23 heavy (non-hydrogen) atoms. The van der Waals surface area contributed by atoms with Gasteiger partial charge in [0.25, 0.3) is 0 Å². The summed E-state index contributed by atoms with van der Waals surface area (Å²) in [6.07, 6.45) is 1.14. The first-order valence-electron chi connectivity index (χ1n) is 7.64. The lowest BCUT2D eigenvalue weighted by Gasteiger charge is -2.36. The van der Waals surface area contributed by atoms with Crippen LogP contribution in [0.15, 0.2) is 23.1 Å². The van der Waals surface area contributed by atoms with Crippen LogP contribution in [0.2, 0.25) is 0 Å². The maximum Gasteiger partial charge on any atom is 0.243 e. The van der Waals surface area contributed by atoms with E-state index in [1.807, 2.05) is 0 Å². The van der Waals surface area contributed by atoms with Gasteiger partial charge in [-0.15, -0.1) is 0 Å². The quantitative estimate of drug-likeness (QED) is 0.900. The number of rotatable bonds is 3. The van der Waals surface area contributed by atoms with E-state index in [1.54, 1.807) is 0 Å². The Kier molecular flexibility index (Phi) is 4.68. The Hall–Kier alpha value is -1.09. The molecule has 8 heteroatoms. The van der Waals surface area contributed by atoms with Gasteiger partial charge in [0.1, 0.15) is 0 Å². The third-order valence-electron chi connectivity index (χ3n) is 4.60. The molecule has 0 aliphatic carbocycles. The fraction of sp³-hybridized carbons (Fsp3) is 0.600. The lowest BCUT2D eigenvalue weighted by Crippen LogP contribution is -2.48. The first-order chi connectivity index (χ1) is 10.9. The second kappa shape index (κ2) is 6.43. The zero-order valence-corrected chi connectivity index (χ0v) is 13.3. The van der Waals surface area contributed by atoms with Crippen molar-refractivity contribution in [3.8, 4) is 0 Å². The SMILES string of the molecule is O=S(=O)(c1ccc(F)c(F)c1)N1CCC[C@@H]1[C@@H]1COCC[C@H]1O. The van der Waals surface area contributed by atoms with Crippen molar-refractivity contribution >= 4 is 10.0 Å². The largest absolute Gasteiger partial charge is 0.393 e. The number of aliphatic hydroxyl groups is 1. The molecule has 3 rings (SSSR count). The van der Waals surface area contributed by atoms with E-state index in [0.29, 0.717) is 45.1 Å². The normalized spacial score (nSPS) is 29.8. The van der Waals surface area contributed by atoms with Crippen LogP contribution in [-0.4, -0.2) is 49.7 Å². The third-order valence-corrected chi connectivity index (χ3v) is 6.52. The summed E-state index contributed by atoms with van der Waals surface area (Å²) < 4.78 is 58.7. The Morgan fingerprint density at radius 1 is 1.22 bits per heavy atom. The molecule has 0 unspecified atom stereocenters. The maximum absolute atomic E-state index is 13.4. The van der Waals surface area contributed by atoms with Gasteiger partial charge in [-0.1, -0.05) is 0 Å². The molecule has 2 saturated heterocycles. The number of hydrogen-bond donors (Lipinski definition) is 1. The van der Waals surface area contributed by atoms with Crippen molar-refractivity contribution in [3.05, 3.63) is 29.8 Å². The number of halogens is 2. The van der Waals surface area contributed by atoms with Crippen molar-refractivity contribution in [1.82, 2.24) is 4.31 Å². The van der Waals surface area contributed by atoms with Crippen molar-refractivity contribution < 1.29 is 27.0 Å². The molecule has 128 valence electrons. The highest BCUT2D eigenvalue weighted by Crippen LogP contribution is 2.34. The predicted octanol–water partition coefficient (Wildman–Crippen LogP) is 1.52. The number of benzene rings is 1. The Labute approximate surface area is 133 Å². The molecule has 1 aromatic rings. The minimum Gasteiger partial charge on any atom is -0.393 e. The van der Waals surface area contributed by atoms with Crippen molar-refractivity contribution in [2.75, 3.05) is 19.8 Å². The molecule has 2 fully saturated rings. The van der Waals surface area contributed by atoms with Gasteiger partial charge in [-0.25, -0.2) is 17.2 Å². The van der Waals surface area contributed by atoms with E-state index in [1.165, 1.54) is 4.31 Å². The molecule has 2 heterocycles. The van der Waals surface area contributed by atoms with E-state index in [4.69, 9.17) is 4.74 Å². The third kappa shape index (κ3) is 3.13. The highest BCUT2D eigenvalue weighted by atomic mass is 32.2. The van der Waals surface area contributed by atoms with Gasteiger partial charge in [0.2, 0.25) is 10.0 Å². The molecule has 1 N–H and O–H groups in total. The fourth-order valence-electron chi connectivity index (χ4n) is 3.38. The van der Waals surface area contributed by atoms with E-state index < -0.39 is 27.8 Å². The van der Waals surface area contributed by atoms with Crippen LogP contribution in [0.25, 0.3) is 0 Å². The van der Waals surface area contributed by atoms with Crippen LogP contribution in [0.3, 0.4) is 0 Å². The molecule has 0 radical (unpaired) electrons. The minimum absolute atomic E-state index is 0.269. The van der Waals surface area contributed by atoms with Gasteiger partial charge in [0, 0.05) is 25.1 Å². The average Bonchev–Trinajstić information content (AvgIpc) is 3.00. The summed E-state index contributed by atoms with van der Waals surface area (Å²) in [7, 11) is -3.94. The molecule has 2 aliphatic heterocycles.